The van der Waals surface area contributed by atoms with Crippen LogP contribution in [0.15, 0.2) is 10.7 Å². The number of methoxy groups -OCH3 is 1. The van der Waals surface area contributed by atoms with Crippen LogP contribution in [0.3, 0.4) is 0 Å². The molecule has 0 aliphatic heterocycles. The highest BCUT2D eigenvalue weighted by Crippen LogP contribution is 2.29. The van der Waals surface area contributed by atoms with Crippen LogP contribution in [0.25, 0.3) is 0 Å². The SMILES string of the molecule is COCCNCCC(C)(O)c1c(Br)cnn1C. The molecule has 0 aromatic carbocycles. The molecule has 0 fully saturated rings. The Labute approximate surface area is 110 Å². The van der Waals surface area contributed by atoms with Gasteiger partial charge in [-0.3, -0.25) is 4.68 Å². The van der Waals surface area contributed by atoms with Crippen LogP contribution in [0, 0.1) is 0 Å². The van der Waals surface area contributed by atoms with Crippen molar-refractivity contribution in [3.63, 3.8) is 0 Å². The van der Waals surface area contributed by atoms with E-state index in [1.54, 1.807) is 24.9 Å². The smallest absolute Gasteiger partial charge is 0.106 e. The van der Waals surface area contributed by atoms with E-state index in [9.17, 15) is 5.11 Å². The fraction of sp³-hybridized carbons (Fsp3) is 0.727. The fourth-order valence-corrected chi connectivity index (χ4v) is 2.54. The van der Waals surface area contributed by atoms with Crippen molar-refractivity contribution < 1.29 is 9.84 Å². The second-order valence-corrected chi connectivity index (χ2v) is 5.09. The van der Waals surface area contributed by atoms with E-state index in [2.05, 4.69) is 26.3 Å². The molecule has 1 aromatic rings. The molecule has 0 spiro atoms. The van der Waals surface area contributed by atoms with Crippen LogP contribution in [-0.4, -0.2) is 41.7 Å². The maximum Gasteiger partial charge on any atom is 0.106 e. The number of halogens is 1. The van der Waals surface area contributed by atoms with Gasteiger partial charge in [0.05, 0.1) is 23.0 Å². The molecule has 0 aliphatic carbocycles. The highest BCUT2D eigenvalue weighted by Gasteiger charge is 2.28. The number of hydrogen-bond donors (Lipinski definition) is 2. The monoisotopic (exact) mass is 305 g/mol. The molecule has 1 unspecified atom stereocenters. The number of aliphatic hydroxyl groups is 1. The predicted molar refractivity (Wildman–Crippen MR) is 69.8 cm³/mol. The van der Waals surface area contributed by atoms with Gasteiger partial charge in [-0.05, 0) is 35.8 Å². The van der Waals surface area contributed by atoms with Crippen LogP contribution in [0.4, 0.5) is 0 Å². The van der Waals surface area contributed by atoms with Gasteiger partial charge in [0.15, 0.2) is 0 Å². The van der Waals surface area contributed by atoms with Gasteiger partial charge in [-0.2, -0.15) is 5.10 Å². The maximum absolute atomic E-state index is 10.4. The van der Waals surface area contributed by atoms with Gasteiger partial charge in [0.1, 0.15) is 5.60 Å². The summed E-state index contributed by atoms with van der Waals surface area (Å²) < 4.78 is 7.47. The summed E-state index contributed by atoms with van der Waals surface area (Å²) in [7, 11) is 3.50. The van der Waals surface area contributed by atoms with Crippen molar-refractivity contribution in [2.75, 3.05) is 26.8 Å². The minimum Gasteiger partial charge on any atom is -0.384 e. The van der Waals surface area contributed by atoms with E-state index in [-0.39, 0.29) is 0 Å². The van der Waals surface area contributed by atoms with Gasteiger partial charge in [-0.25, -0.2) is 0 Å². The third-order valence-electron chi connectivity index (χ3n) is 2.68. The molecular formula is C11H20BrN3O2. The molecule has 5 nitrogen and oxygen atoms in total. The van der Waals surface area contributed by atoms with Crippen LogP contribution in [0.5, 0.6) is 0 Å². The minimum atomic E-state index is -0.899. The largest absolute Gasteiger partial charge is 0.384 e. The molecule has 6 heteroatoms. The number of rotatable bonds is 7. The van der Waals surface area contributed by atoms with E-state index in [1.807, 2.05) is 7.05 Å². The number of aryl methyl sites for hydroxylation is 1. The number of hydrogen-bond acceptors (Lipinski definition) is 4. The van der Waals surface area contributed by atoms with Crippen LogP contribution in [0.2, 0.25) is 0 Å². The summed E-state index contributed by atoms with van der Waals surface area (Å²) in [4.78, 5) is 0. The molecule has 0 radical (unpaired) electrons. The quantitative estimate of drug-likeness (QED) is 0.738. The number of aromatic nitrogens is 2. The molecule has 1 aromatic heterocycles. The Hall–Kier alpha value is -0.430. The zero-order valence-electron chi connectivity index (χ0n) is 10.5. The van der Waals surface area contributed by atoms with Gasteiger partial charge >= 0.3 is 0 Å². The lowest BCUT2D eigenvalue weighted by atomic mass is 9.98. The van der Waals surface area contributed by atoms with E-state index in [0.717, 1.165) is 23.3 Å². The lowest BCUT2D eigenvalue weighted by Crippen LogP contribution is -2.31. The Morgan fingerprint density at radius 3 is 2.82 bits per heavy atom. The molecule has 0 amide bonds. The van der Waals surface area contributed by atoms with Gasteiger partial charge in [0.2, 0.25) is 0 Å². The van der Waals surface area contributed by atoms with E-state index in [4.69, 9.17) is 4.74 Å². The van der Waals surface area contributed by atoms with Crippen LogP contribution in [0.1, 0.15) is 19.0 Å². The van der Waals surface area contributed by atoms with E-state index in [0.29, 0.717) is 13.0 Å². The molecule has 1 atom stereocenters. The zero-order chi connectivity index (χ0) is 12.9. The Bertz CT molecular complexity index is 333. The van der Waals surface area contributed by atoms with E-state index >= 15 is 0 Å². The Morgan fingerprint density at radius 2 is 2.29 bits per heavy atom. The maximum atomic E-state index is 10.4. The summed E-state index contributed by atoms with van der Waals surface area (Å²) in [5.41, 5.74) is -0.101. The Kier molecular flexibility index (Phi) is 5.58. The molecule has 1 rings (SSSR count). The van der Waals surface area contributed by atoms with Gasteiger partial charge in [0.25, 0.3) is 0 Å². The van der Waals surface area contributed by atoms with Crippen LogP contribution in [-0.2, 0) is 17.4 Å². The van der Waals surface area contributed by atoms with Crippen LogP contribution >= 0.6 is 15.9 Å². The van der Waals surface area contributed by atoms with Crippen molar-refractivity contribution in [2.24, 2.45) is 7.05 Å². The van der Waals surface area contributed by atoms with Gasteiger partial charge in [-0.15, -0.1) is 0 Å². The second-order valence-electron chi connectivity index (χ2n) is 4.23. The second kappa shape index (κ2) is 6.49. The van der Waals surface area contributed by atoms with Gasteiger partial charge < -0.3 is 15.2 Å². The summed E-state index contributed by atoms with van der Waals surface area (Å²) in [6.45, 7) is 4.00. The highest BCUT2D eigenvalue weighted by atomic mass is 79.9. The first-order valence-electron chi connectivity index (χ1n) is 5.59. The molecule has 2 N–H and O–H groups in total. The third-order valence-corrected chi connectivity index (χ3v) is 3.26. The minimum absolute atomic E-state index is 0.620. The first-order chi connectivity index (χ1) is 7.99. The van der Waals surface area contributed by atoms with Crippen molar-refractivity contribution in [2.45, 2.75) is 18.9 Å². The van der Waals surface area contributed by atoms with Gasteiger partial charge in [0, 0.05) is 20.7 Å². The van der Waals surface area contributed by atoms with Gasteiger partial charge in [-0.1, -0.05) is 0 Å². The molecule has 98 valence electrons. The van der Waals surface area contributed by atoms with Crippen molar-refractivity contribution in [3.05, 3.63) is 16.4 Å². The lowest BCUT2D eigenvalue weighted by Gasteiger charge is -2.24. The molecule has 0 aliphatic rings. The predicted octanol–water partition coefficient (Wildman–Crippen LogP) is 1.02. The van der Waals surface area contributed by atoms with Crippen LogP contribution < -0.4 is 5.32 Å². The van der Waals surface area contributed by atoms with E-state index in [1.165, 1.54) is 0 Å². The molecule has 0 saturated carbocycles. The van der Waals surface area contributed by atoms with E-state index < -0.39 is 5.60 Å². The Morgan fingerprint density at radius 1 is 1.59 bits per heavy atom. The average Bonchev–Trinajstić information content (AvgIpc) is 2.58. The number of nitrogens with zero attached hydrogens (tertiary/aromatic N) is 2. The van der Waals surface area contributed by atoms with Crippen molar-refractivity contribution >= 4 is 15.9 Å². The normalized spacial score (nSPS) is 14.9. The summed E-state index contributed by atoms with van der Waals surface area (Å²) in [6, 6.07) is 0. The molecule has 17 heavy (non-hydrogen) atoms. The van der Waals surface area contributed by atoms with Crippen molar-refractivity contribution in [3.8, 4) is 0 Å². The summed E-state index contributed by atoms with van der Waals surface area (Å²) in [5, 5.41) is 17.8. The topological polar surface area (TPSA) is 59.3 Å². The molecular weight excluding hydrogens is 286 g/mol. The van der Waals surface area contributed by atoms with Crippen molar-refractivity contribution in [1.82, 2.24) is 15.1 Å². The first kappa shape index (κ1) is 14.6. The standard InChI is InChI=1S/C11H20BrN3O2/c1-11(16,4-5-13-6-7-17-3)10-9(12)8-14-15(10)2/h8,13,16H,4-7H2,1-3H3. The summed E-state index contributed by atoms with van der Waals surface area (Å²) in [6.07, 6.45) is 2.32. The molecule has 0 saturated heterocycles. The number of nitrogens with one attached hydrogen (secondary N) is 1. The highest BCUT2D eigenvalue weighted by molar-refractivity contribution is 9.10. The fourth-order valence-electron chi connectivity index (χ4n) is 1.77. The summed E-state index contributed by atoms with van der Waals surface area (Å²) in [5.74, 6) is 0. The first-order valence-corrected chi connectivity index (χ1v) is 6.38. The van der Waals surface area contributed by atoms with Crippen molar-refractivity contribution in [1.29, 1.82) is 0 Å². The molecule has 0 bridgehead atoms. The Balaban J connectivity index is 2.51. The third kappa shape index (κ3) is 4.06. The average molecular weight is 306 g/mol. The lowest BCUT2D eigenvalue weighted by molar-refractivity contribution is 0.0385. The molecule has 1 heterocycles. The zero-order valence-corrected chi connectivity index (χ0v) is 12.1. The summed E-state index contributed by atoms with van der Waals surface area (Å²) >= 11 is 3.40. The number of ether oxygens (including phenoxy) is 1.